The highest BCUT2D eigenvalue weighted by Crippen LogP contribution is 2.30. The summed E-state index contributed by atoms with van der Waals surface area (Å²) in [4.78, 5) is 1.41. The van der Waals surface area contributed by atoms with Gasteiger partial charge in [0.2, 0.25) is 0 Å². The van der Waals surface area contributed by atoms with Gasteiger partial charge in [0, 0.05) is 4.88 Å². The molecule has 1 unspecified atom stereocenters. The Morgan fingerprint density at radius 2 is 1.86 bits per heavy atom. The first-order valence-corrected chi connectivity index (χ1v) is 8.64. The molecule has 3 heteroatoms. The number of ether oxygens (including phenoxy) is 1. The van der Waals surface area contributed by atoms with Gasteiger partial charge in [0.1, 0.15) is 5.75 Å². The van der Waals surface area contributed by atoms with Crippen molar-refractivity contribution in [2.75, 3.05) is 13.2 Å². The standard InChI is InChI=1S/C18H25NOS/c1-4-11-19-17(18-14(3)10-13-21-18)15-6-8-16(9-7-15)20-12-5-2/h6-10,13,17,19H,4-5,11-12H2,1-3H3. The van der Waals surface area contributed by atoms with E-state index in [1.165, 1.54) is 16.0 Å². The molecule has 1 heterocycles. The summed E-state index contributed by atoms with van der Waals surface area (Å²) < 4.78 is 5.67. The van der Waals surface area contributed by atoms with E-state index >= 15 is 0 Å². The summed E-state index contributed by atoms with van der Waals surface area (Å²) in [7, 11) is 0. The smallest absolute Gasteiger partial charge is 0.119 e. The average Bonchev–Trinajstić information content (AvgIpc) is 2.93. The van der Waals surface area contributed by atoms with E-state index in [1.54, 1.807) is 0 Å². The SMILES string of the molecule is CCCNC(c1ccc(OCCC)cc1)c1sccc1C. The molecule has 0 saturated carbocycles. The molecule has 0 bridgehead atoms. The van der Waals surface area contributed by atoms with Crippen LogP contribution in [0.15, 0.2) is 35.7 Å². The summed E-state index contributed by atoms with van der Waals surface area (Å²) in [5.41, 5.74) is 2.66. The van der Waals surface area contributed by atoms with Crippen LogP contribution in [0.1, 0.15) is 48.7 Å². The monoisotopic (exact) mass is 303 g/mol. The molecule has 0 aliphatic rings. The fraction of sp³-hybridized carbons (Fsp3) is 0.444. The van der Waals surface area contributed by atoms with Crippen LogP contribution >= 0.6 is 11.3 Å². The van der Waals surface area contributed by atoms with Gasteiger partial charge in [0.15, 0.2) is 0 Å². The highest BCUT2D eigenvalue weighted by Gasteiger charge is 2.16. The predicted octanol–water partition coefficient (Wildman–Crippen LogP) is 4.93. The maximum Gasteiger partial charge on any atom is 0.119 e. The van der Waals surface area contributed by atoms with Crippen molar-refractivity contribution in [2.24, 2.45) is 0 Å². The fourth-order valence-corrected chi connectivity index (χ4v) is 3.34. The molecule has 2 rings (SSSR count). The van der Waals surface area contributed by atoms with E-state index in [1.807, 2.05) is 11.3 Å². The number of nitrogens with one attached hydrogen (secondary N) is 1. The van der Waals surface area contributed by atoms with Crippen molar-refractivity contribution >= 4 is 11.3 Å². The Morgan fingerprint density at radius 3 is 2.43 bits per heavy atom. The van der Waals surface area contributed by atoms with Crippen LogP contribution in [0.4, 0.5) is 0 Å². The van der Waals surface area contributed by atoms with E-state index in [2.05, 4.69) is 61.8 Å². The first kappa shape index (κ1) is 16.1. The summed E-state index contributed by atoms with van der Waals surface area (Å²) >= 11 is 1.83. The lowest BCUT2D eigenvalue weighted by atomic mass is 10.0. The maximum absolute atomic E-state index is 5.67. The molecule has 0 radical (unpaired) electrons. The number of rotatable bonds is 8. The van der Waals surface area contributed by atoms with Gasteiger partial charge in [-0.15, -0.1) is 11.3 Å². The fourth-order valence-electron chi connectivity index (χ4n) is 2.31. The highest BCUT2D eigenvalue weighted by molar-refractivity contribution is 7.10. The van der Waals surface area contributed by atoms with Crippen molar-refractivity contribution in [3.05, 3.63) is 51.7 Å². The minimum Gasteiger partial charge on any atom is -0.494 e. The molecule has 114 valence electrons. The number of benzene rings is 1. The molecule has 0 amide bonds. The minimum absolute atomic E-state index is 0.283. The molecule has 1 N–H and O–H groups in total. The van der Waals surface area contributed by atoms with Crippen LogP contribution in [-0.4, -0.2) is 13.2 Å². The van der Waals surface area contributed by atoms with Crippen LogP contribution in [0.3, 0.4) is 0 Å². The summed E-state index contributed by atoms with van der Waals surface area (Å²) in [6, 6.07) is 11.0. The Hall–Kier alpha value is -1.32. The van der Waals surface area contributed by atoms with Crippen molar-refractivity contribution in [1.29, 1.82) is 0 Å². The molecule has 0 saturated heterocycles. The lowest BCUT2D eigenvalue weighted by Gasteiger charge is -2.19. The van der Waals surface area contributed by atoms with Crippen LogP contribution in [0, 0.1) is 6.92 Å². The number of hydrogen-bond acceptors (Lipinski definition) is 3. The Bertz CT molecular complexity index is 532. The van der Waals surface area contributed by atoms with E-state index in [9.17, 15) is 0 Å². The third kappa shape index (κ3) is 4.32. The Morgan fingerprint density at radius 1 is 1.10 bits per heavy atom. The molecule has 2 nitrogen and oxygen atoms in total. The molecule has 1 atom stereocenters. The van der Waals surface area contributed by atoms with Gasteiger partial charge in [-0.2, -0.15) is 0 Å². The zero-order valence-electron chi connectivity index (χ0n) is 13.2. The molecular weight excluding hydrogens is 278 g/mol. The first-order chi connectivity index (χ1) is 10.3. The van der Waals surface area contributed by atoms with Gasteiger partial charge in [0.25, 0.3) is 0 Å². The Labute approximate surface area is 132 Å². The molecule has 0 aliphatic carbocycles. The molecule has 2 aromatic rings. The van der Waals surface area contributed by atoms with Gasteiger partial charge < -0.3 is 10.1 Å². The molecule has 21 heavy (non-hydrogen) atoms. The summed E-state index contributed by atoms with van der Waals surface area (Å²) in [6.45, 7) is 8.31. The second-order valence-electron chi connectivity index (χ2n) is 5.27. The van der Waals surface area contributed by atoms with Crippen LogP contribution < -0.4 is 10.1 Å². The third-order valence-corrected chi connectivity index (χ3v) is 4.53. The number of aryl methyl sites for hydroxylation is 1. The molecule has 1 aromatic heterocycles. The lowest BCUT2D eigenvalue weighted by Crippen LogP contribution is -2.22. The Kier molecular flexibility index (Phi) is 6.27. The van der Waals surface area contributed by atoms with Crippen molar-refractivity contribution in [2.45, 2.75) is 39.7 Å². The van der Waals surface area contributed by atoms with Crippen LogP contribution in [-0.2, 0) is 0 Å². The van der Waals surface area contributed by atoms with Crippen LogP contribution in [0.25, 0.3) is 0 Å². The predicted molar refractivity (Wildman–Crippen MR) is 91.4 cm³/mol. The largest absolute Gasteiger partial charge is 0.494 e. The molecule has 0 aliphatic heterocycles. The lowest BCUT2D eigenvalue weighted by molar-refractivity contribution is 0.317. The van der Waals surface area contributed by atoms with E-state index in [-0.39, 0.29) is 6.04 Å². The zero-order chi connectivity index (χ0) is 15.1. The first-order valence-electron chi connectivity index (χ1n) is 7.76. The molecular formula is C18H25NOS. The third-order valence-electron chi connectivity index (χ3n) is 3.45. The molecule has 0 spiro atoms. The van der Waals surface area contributed by atoms with Gasteiger partial charge in [-0.3, -0.25) is 0 Å². The van der Waals surface area contributed by atoms with Crippen molar-refractivity contribution < 1.29 is 4.74 Å². The van der Waals surface area contributed by atoms with E-state index in [0.717, 1.165) is 31.7 Å². The average molecular weight is 303 g/mol. The van der Waals surface area contributed by atoms with Gasteiger partial charge in [0.05, 0.1) is 12.6 Å². The second kappa shape index (κ2) is 8.20. The van der Waals surface area contributed by atoms with Crippen molar-refractivity contribution in [3.63, 3.8) is 0 Å². The number of thiophene rings is 1. The van der Waals surface area contributed by atoms with Gasteiger partial charge in [-0.1, -0.05) is 26.0 Å². The van der Waals surface area contributed by atoms with Gasteiger partial charge in [-0.05, 0) is 61.0 Å². The number of hydrogen-bond donors (Lipinski definition) is 1. The van der Waals surface area contributed by atoms with Gasteiger partial charge >= 0.3 is 0 Å². The minimum atomic E-state index is 0.283. The Balaban J connectivity index is 2.18. The normalized spacial score (nSPS) is 12.3. The zero-order valence-corrected chi connectivity index (χ0v) is 14.0. The van der Waals surface area contributed by atoms with Crippen LogP contribution in [0.5, 0.6) is 5.75 Å². The van der Waals surface area contributed by atoms with Crippen molar-refractivity contribution in [3.8, 4) is 5.75 Å². The second-order valence-corrected chi connectivity index (χ2v) is 6.22. The summed E-state index contributed by atoms with van der Waals surface area (Å²) in [5, 5.41) is 5.83. The quantitative estimate of drug-likeness (QED) is 0.746. The summed E-state index contributed by atoms with van der Waals surface area (Å²) in [5.74, 6) is 0.956. The van der Waals surface area contributed by atoms with Crippen LogP contribution in [0.2, 0.25) is 0 Å². The van der Waals surface area contributed by atoms with E-state index in [4.69, 9.17) is 4.74 Å². The molecule has 1 aromatic carbocycles. The topological polar surface area (TPSA) is 21.3 Å². The van der Waals surface area contributed by atoms with E-state index < -0.39 is 0 Å². The summed E-state index contributed by atoms with van der Waals surface area (Å²) in [6.07, 6.45) is 2.18. The molecule has 0 fully saturated rings. The maximum atomic E-state index is 5.67. The van der Waals surface area contributed by atoms with E-state index in [0.29, 0.717) is 0 Å². The van der Waals surface area contributed by atoms with Gasteiger partial charge in [-0.25, -0.2) is 0 Å². The van der Waals surface area contributed by atoms with Crippen molar-refractivity contribution in [1.82, 2.24) is 5.32 Å². The highest BCUT2D eigenvalue weighted by atomic mass is 32.1.